The second-order valence-electron chi connectivity index (χ2n) is 16.0. The second-order valence-corrected chi connectivity index (χ2v) is 19.3. The van der Waals surface area contributed by atoms with Crippen LogP contribution < -0.4 is 10.0 Å². The smallest absolute Gasteiger partial charge is 0.397 e. The predicted molar refractivity (Wildman–Crippen MR) is 216 cm³/mol. The number of hydrogen-bond acceptors (Lipinski definition) is 16. The summed E-state index contributed by atoms with van der Waals surface area (Å²) in [7, 11) is -14.6. The Morgan fingerprint density at radius 2 is 1.57 bits per heavy atom. The van der Waals surface area contributed by atoms with Gasteiger partial charge < -0.3 is 29.0 Å². The highest BCUT2D eigenvalue weighted by Gasteiger charge is 2.53. The lowest BCUT2D eigenvalue weighted by atomic mass is 9.93. The van der Waals surface area contributed by atoms with E-state index in [1.54, 1.807) is 24.6 Å². The summed E-state index contributed by atoms with van der Waals surface area (Å²) in [6.07, 6.45) is 10.1. The van der Waals surface area contributed by atoms with Crippen LogP contribution in [0.3, 0.4) is 0 Å². The van der Waals surface area contributed by atoms with Crippen LogP contribution in [0, 0.1) is 5.92 Å². The van der Waals surface area contributed by atoms with Gasteiger partial charge in [0.25, 0.3) is 0 Å². The summed E-state index contributed by atoms with van der Waals surface area (Å²) in [6, 6.07) is -1.35. The van der Waals surface area contributed by atoms with E-state index in [0.717, 1.165) is 32.1 Å². The largest absolute Gasteiger partial charge is 0.462 e. The van der Waals surface area contributed by atoms with Gasteiger partial charge in [-0.25, -0.2) is 8.37 Å². The molecule has 3 unspecified atom stereocenters. The minimum Gasteiger partial charge on any atom is -0.462 e. The maximum atomic E-state index is 12.9. The average Bonchev–Trinajstić information content (AvgIpc) is 3.40. The second kappa shape index (κ2) is 25.8. The summed E-state index contributed by atoms with van der Waals surface area (Å²) < 4.78 is 136. The minimum atomic E-state index is -4.99. The first kappa shape index (κ1) is 53.0. The van der Waals surface area contributed by atoms with Gasteiger partial charge in [0.15, 0.2) is 5.79 Å². The summed E-state index contributed by atoms with van der Waals surface area (Å²) in [5.74, 6) is -2.76. The molecule has 0 aromatic rings. The van der Waals surface area contributed by atoms with Crippen LogP contribution >= 0.6 is 0 Å². The molecule has 2 fully saturated rings. The van der Waals surface area contributed by atoms with Crippen molar-refractivity contribution < 1.29 is 85.3 Å². The third kappa shape index (κ3) is 22.7. The zero-order valence-corrected chi connectivity index (χ0v) is 37.3. The van der Waals surface area contributed by atoms with Crippen molar-refractivity contribution >= 4 is 48.9 Å². The van der Waals surface area contributed by atoms with Crippen LogP contribution in [0.5, 0.6) is 0 Å². The number of amides is 1. The van der Waals surface area contributed by atoms with Crippen LogP contribution in [-0.2, 0) is 77.5 Å². The topological polar surface area (TPSA) is 303 Å². The fourth-order valence-electron chi connectivity index (χ4n) is 7.47. The third-order valence-electron chi connectivity index (χ3n) is 10.3. The number of cyclic esters (lactones) is 1. The van der Waals surface area contributed by atoms with E-state index in [1.165, 1.54) is 6.08 Å². The number of nitrogens with one attached hydrogen (secondary N) is 2. The molecule has 1 amide bonds. The van der Waals surface area contributed by atoms with Crippen LogP contribution in [0.15, 0.2) is 12.2 Å². The first-order valence-electron chi connectivity index (χ1n) is 20.9. The summed E-state index contributed by atoms with van der Waals surface area (Å²) in [4.78, 5) is 37.9. The Labute approximate surface area is 359 Å². The highest BCUT2D eigenvalue weighted by atomic mass is 32.3. The maximum Gasteiger partial charge on any atom is 0.397 e. The number of ether oxygens (including phenoxy) is 5. The molecule has 0 saturated carbocycles. The standard InChI is InChI=1S/C37H64N2O19S3/c1-27(2)36(42)54-29-22-33-31-17-11-4-3-5-13-19-34(40)38-24-35(41)55-30(16-10-6-8-14-20-37(23-29,56-31)57-33)32(58-61(49,50)51)18-12-7-9-15-21-52-25-28(39-59(43,44)45)26-53-60(46,47)48/h13,19,27-33,39H,3-12,14-18,20-26H2,1-2H3,(H,38,40)(H,43,44,45)(H,46,47,48)(H,49,50,51)/b19-13-/t28?,29-,30?,31+,32?,33-,37-/m0/s1. The Morgan fingerprint density at radius 1 is 0.885 bits per heavy atom. The highest BCUT2D eigenvalue weighted by molar-refractivity contribution is 7.83. The van der Waals surface area contributed by atoms with Crippen LogP contribution in [0.25, 0.3) is 0 Å². The Morgan fingerprint density at radius 3 is 2.28 bits per heavy atom. The molecule has 3 aliphatic heterocycles. The van der Waals surface area contributed by atoms with Gasteiger partial charge in [0.2, 0.25) is 5.91 Å². The van der Waals surface area contributed by atoms with Gasteiger partial charge in [0.05, 0.1) is 37.4 Å². The summed E-state index contributed by atoms with van der Waals surface area (Å²) in [6.45, 7) is 1.89. The van der Waals surface area contributed by atoms with Gasteiger partial charge >= 0.3 is 43.0 Å². The molecule has 3 aliphatic rings. The molecule has 1 spiro atoms. The van der Waals surface area contributed by atoms with Crippen LogP contribution in [0.4, 0.5) is 0 Å². The molecule has 61 heavy (non-hydrogen) atoms. The van der Waals surface area contributed by atoms with Crippen molar-refractivity contribution in [2.45, 2.75) is 172 Å². The van der Waals surface area contributed by atoms with Gasteiger partial charge in [-0.15, -0.1) is 0 Å². The van der Waals surface area contributed by atoms with Gasteiger partial charge in [0.1, 0.15) is 24.9 Å². The average molecular weight is 937 g/mol. The molecule has 2 saturated heterocycles. The number of hydrogen-bond donors (Lipinski definition) is 5. The van der Waals surface area contributed by atoms with Crippen molar-refractivity contribution in [2.75, 3.05) is 26.4 Å². The molecule has 0 aromatic heterocycles. The normalized spacial score (nSPS) is 27.2. The molecule has 0 aliphatic carbocycles. The Balaban J connectivity index is 1.61. The van der Waals surface area contributed by atoms with Crippen molar-refractivity contribution in [3.8, 4) is 0 Å². The first-order valence-corrected chi connectivity index (χ1v) is 25.1. The Bertz CT molecular complexity index is 1740. The predicted octanol–water partition coefficient (Wildman–Crippen LogP) is 3.45. The molecule has 7 atom stereocenters. The zero-order chi connectivity index (χ0) is 45.1. The van der Waals surface area contributed by atoms with Crippen molar-refractivity contribution in [2.24, 2.45) is 5.92 Å². The maximum absolute atomic E-state index is 12.9. The summed E-state index contributed by atoms with van der Waals surface area (Å²) >= 11 is 0. The molecule has 3 rings (SSSR count). The first-order chi connectivity index (χ1) is 28.6. The Hall–Kier alpha value is -2.36. The SMILES string of the molecule is CC(C)C(=O)O[C@H]1C[C@@H]2O[C@@]3(CCCCCCC(C(CCCCCCOCC(COS(=O)(=O)O)NS(=O)(=O)O)OS(=O)(=O)O)OC(=O)CNC(=O)/C=C\CCCCC[C@H]2O3)C1. The van der Waals surface area contributed by atoms with E-state index in [2.05, 4.69) is 9.50 Å². The van der Waals surface area contributed by atoms with Crippen molar-refractivity contribution in [3.05, 3.63) is 12.2 Å². The lowest BCUT2D eigenvalue weighted by molar-refractivity contribution is -0.224. The number of rotatable bonds is 19. The van der Waals surface area contributed by atoms with E-state index < -0.39 is 86.8 Å². The molecular weight excluding hydrogens is 873 g/mol. The van der Waals surface area contributed by atoms with E-state index in [1.807, 2.05) is 0 Å². The van der Waals surface area contributed by atoms with Crippen molar-refractivity contribution in [1.82, 2.24) is 10.0 Å². The van der Waals surface area contributed by atoms with E-state index in [-0.39, 0.29) is 49.6 Å². The number of fused-ring (bicyclic) bond motifs is 3. The van der Waals surface area contributed by atoms with Crippen LogP contribution in [-0.4, -0.2) is 125 Å². The third-order valence-corrected chi connectivity index (χ3v) is 11.8. The van der Waals surface area contributed by atoms with Crippen LogP contribution in [0.2, 0.25) is 0 Å². The molecular formula is C37H64N2O19S3. The molecule has 21 nitrogen and oxygen atoms in total. The fourth-order valence-corrected chi connectivity index (χ4v) is 8.89. The molecule has 5 N–H and O–H groups in total. The van der Waals surface area contributed by atoms with Gasteiger partial charge in [-0.2, -0.15) is 30.0 Å². The van der Waals surface area contributed by atoms with Crippen LogP contribution in [0.1, 0.15) is 129 Å². The summed E-state index contributed by atoms with van der Waals surface area (Å²) in [5.41, 5.74) is 0. The van der Waals surface area contributed by atoms with E-state index in [9.17, 15) is 44.2 Å². The number of carbonyl (C=O) groups excluding carboxylic acids is 3. The van der Waals surface area contributed by atoms with E-state index in [0.29, 0.717) is 70.6 Å². The van der Waals surface area contributed by atoms with Gasteiger partial charge in [-0.1, -0.05) is 64.9 Å². The van der Waals surface area contributed by atoms with E-state index in [4.69, 9.17) is 37.0 Å². The fraction of sp³-hybridized carbons (Fsp3) is 0.865. The van der Waals surface area contributed by atoms with Crippen molar-refractivity contribution in [1.29, 1.82) is 0 Å². The molecule has 3 heterocycles. The number of unbranched alkanes of at least 4 members (excludes halogenated alkanes) is 3. The highest BCUT2D eigenvalue weighted by Crippen LogP contribution is 2.45. The van der Waals surface area contributed by atoms with Crippen molar-refractivity contribution in [3.63, 3.8) is 0 Å². The number of carbonyl (C=O) groups is 3. The molecule has 24 heteroatoms. The number of esters is 2. The lowest BCUT2D eigenvalue weighted by Gasteiger charge is -2.36. The minimum absolute atomic E-state index is 0.0447. The summed E-state index contributed by atoms with van der Waals surface area (Å²) in [5, 5.41) is 2.47. The zero-order valence-electron chi connectivity index (χ0n) is 34.9. The van der Waals surface area contributed by atoms with Gasteiger partial charge in [-0.05, 0) is 57.4 Å². The molecule has 354 valence electrons. The molecule has 0 aromatic carbocycles. The quantitative estimate of drug-likeness (QED) is 0.0704. The van der Waals surface area contributed by atoms with E-state index >= 15 is 0 Å². The Kier molecular flexibility index (Phi) is 22.4. The number of allylic oxidation sites excluding steroid dienone is 1. The molecule has 3 bridgehead atoms. The van der Waals surface area contributed by atoms with Gasteiger partial charge in [0, 0.05) is 25.9 Å². The van der Waals surface area contributed by atoms with Gasteiger partial charge in [-0.3, -0.25) is 28.0 Å². The molecule has 0 radical (unpaired) electrons. The lowest BCUT2D eigenvalue weighted by Crippen LogP contribution is -2.42. The monoisotopic (exact) mass is 936 g/mol.